The summed E-state index contributed by atoms with van der Waals surface area (Å²) in [6, 6.07) is 20.5. The van der Waals surface area contributed by atoms with Gasteiger partial charge in [0.2, 0.25) is 0 Å². The molecule has 3 aromatic rings. The summed E-state index contributed by atoms with van der Waals surface area (Å²) in [5, 5.41) is 4.68. The molecule has 0 spiro atoms. The number of hydrazone groups is 1. The summed E-state index contributed by atoms with van der Waals surface area (Å²) in [5.41, 5.74) is 2.93. The summed E-state index contributed by atoms with van der Waals surface area (Å²) in [6.45, 7) is 0. The number of nitrogens with one attached hydrogen (secondary N) is 1. The summed E-state index contributed by atoms with van der Waals surface area (Å²) >= 11 is 1.52. The summed E-state index contributed by atoms with van der Waals surface area (Å²) in [4.78, 5) is 13.1. The molecule has 0 saturated carbocycles. The van der Waals surface area contributed by atoms with Crippen LogP contribution in [0.1, 0.15) is 16.1 Å². The SMILES string of the molecule is COc1cccc(C(=O)N/N=C\c2ccc(Sc3ccccc3)o2)c1. The van der Waals surface area contributed by atoms with Crippen LogP contribution in [-0.2, 0) is 0 Å². The Morgan fingerprint density at radius 3 is 2.76 bits per heavy atom. The van der Waals surface area contributed by atoms with Crippen molar-refractivity contribution < 1.29 is 13.9 Å². The Bertz CT molecular complexity index is 875. The van der Waals surface area contributed by atoms with Crippen molar-refractivity contribution in [1.82, 2.24) is 5.43 Å². The van der Waals surface area contributed by atoms with Gasteiger partial charge in [-0.15, -0.1) is 0 Å². The highest BCUT2D eigenvalue weighted by Gasteiger charge is 2.06. The molecule has 0 atom stereocenters. The van der Waals surface area contributed by atoms with Crippen LogP contribution < -0.4 is 10.2 Å². The lowest BCUT2D eigenvalue weighted by atomic mass is 10.2. The summed E-state index contributed by atoms with van der Waals surface area (Å²) in [7, 11) is 1.55. The molecule has 1 heterocycles. The van der Waals surface area contributed by atoms with Gasteiger partial charge in [-0.05, 0) is 42.5 Å². The number of benzene rings is 2. The predicted octanol–water partition coefficient (Wildman–Crippen LogP) is 4.20. The predicted molar refractivity (Wildman–Crippen MR) is 97.3 cm³/mol. The lowest BCUT2D eigenvalue weighted by Gasteiger charge is -2.02. The van der Waals surface area contributed by atoms with Crippen LogP contribution in [0.15, 0.2) is 86.2 Å². The van der Waals surface area contributed by atoms with Gasteiger partial charge in [0.25, 0.3) is 5.91 Å². The van der Waals surface area contributed by atoms with Gasteiger partial charge in [-0.3, -0.25) is 4.79 Å². The average molecular weight is 352 g/mol. The van der Waals surface area contributed by atoms with Gasteiger partial charge in [-0.25, -0.2) is 5.43 Å². The van der Waals surface area contributed by atoms with E-state index in [4.69, 9.17) is 9.15 Å². The fraction of sp³-hybridized carbons (Fsp3) is 0.0526. The van der Waals surface area contributed by atoms with E-state index in [2.05, 4.69) is 10.5 Å². The number of ether oxygens (including phenoxy) is 1. The second-order valence-corrected chi connectivity index (χ2v) is 6.08. The zero-order chi connectivity index (χ0) is 17.5. The van der Waals surface area contributed by atoms with Crippen LogP contribution in [-0.4, -0.2) is 19.2 Å². The molecule has 0 aliphatic heterocycles. The van der Waals surface area contributed by atoms with Crippen LogP contribution in [0.3, 0.4) is 0 Å². The van der Waals surface area contributed by atoms with Crippen molar-refractivity contribution in [2.75, 3.05) is 7.11 Å². The second-order valence-electron chi connectivity index (χ2n) is 5.00. The molecule has 25 heavy (non-hydrogen) atoms. The zero-order valence-electron chi connectivity index (χ0n) is 13.5. The minimum atomic E-state index is -0.319. The van der Waals surface area contributed by atoms with Gasteiger partial charge in [0.1, 0.15) is 11.5 Å². The molecule has 0 saturated heterocycles. The van der Waals surface area contributed by atoms with E-state index in [9.17, 15) is 4.79 Å². The molecule has 1 aromatic heterocycles. The van der Waals surface area contributed by atoms with Crippen molar-refractivity contribution >= 4 is 23.9 Å². The van der Waals surface area contributed by atoms with E-state index in [1.807, 2.05) is 36.4 Å². The van der Waals surface area contributed by atoms with E-state index in [0.29, 0.717) is 17.1 Å². The van der Waals surface area contributed by atoms with Crippen LogP contribution >= 0.6 is 11.8 Å². The highest BCUT2D eigenvalue weighted by atomic mass is 32.2. The molecule has 0 aliphatic rings. The number of nitrogens with zero attached hydrogens (tertiary/aromatic N) is 1. The number of hydrogen-bond donors (Lipinski definition) is 1. The normalized spacial score (nSPS) is 10.8. The zero-order valence-corrected chi connectivity index (χ0v) is 14.3. The van der Waals surface area contributed by atoms with Gasteiger partial charge >= 0.3 is 0 Å². The molecule has 5 nitrogen and oxygen atoms in total. The standard InChI is InChI=1S/C19H16N2O3S/c1-23-15-7-5-6-14(12-15)19(22)21-20-13-16-10-11-18(24-16)25-17-8-3-2-4-9-17/h2-13H,1H3,(H,21,22)/b20-13-. The van der Waals surface area contributed by atoms with E-state index in [1.165, 1.54) is 18.0 Å². The Labute approximate surface area is 149 Å². The summed E-state index contributed by atoms with van der Waals surface area (Å²) < 4.78 is 10.7. The molecule has 2 aromatic carbocycles. The fourth-order valence-corrected chi connectivity index (χ4v) is 2.85. The van der Waals surface area contributed by atoms with Crippen LogP contribution in [0.25, 0.3) is 0 Å². The molecule has 126 valence electrons. The number of furan rings is 1. The van der Waals surface area contributed by atoms with Gasteiger partial charge in [0, 0.05) is 10.5 Å². The van der Waals surface area contributed by atoms with E-state index in [0.717, 1.165) is 9.99 Å². The monoisotopic (exact) mass is 352 g/mol. The molecule has 6 heteroatoms. The van der Waals surface area contributed by atoms with Crippen LogP contribution in [0, 0.1) is 0 Å². The molecule has 1 amide bonds. The molecule has 1 N–H and O–H groups in total. The van der Waals surface area contributed by atoms with Crippen LogP contribution in [0.4, 0.5) is 0 Å². The largest absolute Gasteiger partial charge is 0.497 e. The van der Waals surface area contributed by atoms with Crippen molar-refractivity contribution in [2.24, 2.45) is 5.10 Å². The second kappa shape index (κ2) is 8.21. The number of amides is 1. The van der Waals surface area contributed by atoms with E-state index in [1.54, 1.807) is 37.4 Å². The van der Waals surface area contributed by atoms with Gasteiger partial charge in [0.05, 0.1) is 13.3 Å². The number of carbonyl (C=O) groups is 1. The molecule has 0 unspecified atom stereocenters. The number of carbonyl (C=O) groups excluding carboxylic acids is 1. The maximum atomic E-state index is 12.0. The molecular formula is C19H16N2O3S. The fourth-order valence-electron chi connectivity index (χ4n) is 2.05. The number of methoxy groups -OCH3 is 1. The van der Waals surface area contributed by atoms with Crippen molar-refractivity contribution in [3.8, 4) is 5.75 Å². The maximum Gasteiger partial charge on any atom is 0.271 e. The third kappa shape index (κ3) is 4.74. The third-order valence-electron chi connectivity index (χ3n) is 3.25. The van der Waals surface area contributed by atoms with Crippen LogP contribution in [0.2, 0.25) is 0 Å². The first-order valence-electron chi connectivity index (χ1n) is 7.55. The minimum Gasteiger partial charge on any atom is -0.497 e. The van der Waals surface area contributed by atoms with Gasteiger partial charge in [0.15, 0.2) is 5.09 Å². The molecule has 0 radical (unpaired) electrons. The number of hydrogen-bond acceptors (Lipinski definition) is 5. The topological polar surface area (TPSA) is 63.8 Å². The Morgan fingerprint density at radius 1 is 1.12 bits per heavy atom. The summed E-state index contributed by atoms with van der Waals surface area (Å²) in [6.07, 6.45) is 1.47. The lowest BCUT2D eigenvalue weighted by molar-refractivity contribution is 0.0955. The lowest BCUT2D eigenvalue weighted by Crippen LogP contribution is -2.17. The smallest absolute Gasteiger partial charge is 0.271 e. The first-order valence-corrected chi connectivity index (χ1v) is 8.36. The molecule has 0 fully saturated rings. The molecule has 0 bridgehead atoms. The molecule has 0 aliphatic carbocycles. The first-order chi connectivity index (χ1) is 12.2. The van der Waals surface area contributed by atoms with Crippen LogP contribution in [0.5, 0.6) is 5.75 Å². The van der Waals surface area contributed by atoms with Crippen molar-refractivity contribution in [1.29, 1.82) is 0 Å². The Kier molecular flexibility index (Phi) is 5.53. The summed E-state index contributed by atoms with van der Waals surface area (Å²) in [5.74, 6) is 0.857. The van der Waals surface area contributed by atoms with Gasteiger partial charge in [-0.2, -0.15) is 5.10 Å². The van der Waals surface area contributed by atoms with Crippen molar-refractivity contribution in [3.05, 3.63) is 78.1 Å². The van der Waals surface area contributed by atoms with Gasteiger partial charge < -0.3 is 9.15 Å². The van der Waals surface area contributed by atoms with E-state index < -0.39 is 0 Å². The molecule has 3 rings (SSSR count). The third-order valence-corrected chi connectivity index (χ3v) is 4.18. The van der Waals surface area contributed by atoms with Gasteiger partial charge in [-0.1, -0.05) is 36.0 Å². The Morgan fingerprint density at radius 2 is 1.96 bits per heavy atom. The van der Waals surface area contributed by atoms with Crippen molar-refractivity contribution in [3.63, 3.8) is 0 Å². The highest BCUT2D eigenvalue weighted by molar-refractivity contribution is 7.99. The number of rotatable bonds is 6. The quantitative estimate of drug-likeness (QED) is 0.533. The Hall–Kier alpha value is -2.99. The highest BCUT2D eigenvalue weighted by Crippen LogP contribution is 2.28. The maximum absolute atomic E-state index is 12.0. The average Bonchev–Trinajstić information content (AvgIpc) is 3.09. The minimum absolute atomic E-state index is 0.319. The molecular weight excluding hydrogens is 336 g/mol. The van der Waals surface area contributed by atoms with E-state index in [-0.39, 0.29) is 5.91 Å². The first kappa shape index (κ1) is 16.9. The van der Waals surface area contributed by atoms with Crippen molar-refractivity contribution in [2.45, 2.75) is 9.99 Å². The Balaban J connectivity index is 1.58. The van der Waals surface area contributed by atoms with E-state index >= 15 is 0 Å².